The first-order chi connectivity index (χ1) is 34.0. The Morgan fingerprint density at radius 2 is 0.580 bits per heavy atom. The first-order valence-corrected chi connectivity index (χ1v) is 27.3. The van der Waals surface area contributed by atoms with Crippen LogP contribution in [-0.2, 0) is 28.6 Å². The topological polar surface area (TPSA) is 78.9 Å². The molecule has 0 aliphatic carbocycles. The fourth-order valence-electron chi connectivity index (χ4n) is 6.77. The molecule has 0 spiro atoms. The molecule has 0 heterocycles. The molecule has 0 radical (unpaired) electrons. The van der Waals surface area contributed by atoms with Crippen molar-refractivity contribution in [2.45, 2.75) is 219 Å². The molecule has 0 saturated heterocycles. The minimum absolute atomic E-state index is 0.127. The van der Waals surface area contributed by atoms with Crippen LogP contribution in [0.25, 0.3) is 0 Å². The lowest BCUT2D eigenvalue weighted by Gasteiger charge is -2.18. The average molecular weight is 951 g/mol. The van der Waals surface area contributed by atoms with Crippen molar-refractivity contribution in [3.8, 4) is 0 Å². The van der Waals surface area contributed by atoms with E-state index in [-0.39, 0.29) is 44.0 Å². The number of unbranched alkanes of at least 4 members (excludes halogenated alkanes) is 12. The number of hydrogen-bond donors (Lipinski definition) is 0. The van der Waals surface area contributed by atoms with E-state index in [9.17, 15) is 14.4 Å². The smallest absolute Gasteiger partial charge is 0.306 e. The van der Waals surface area contributed by atoms with Crippen molar-refractivity contribution >= 4 is 17.9 Å². The van der Waals surface area contributed by atoms with Crippen LogP contribution in [0.15, 0.2) is 146 Å². The van der Waals surface area contributed by atoms with Gasteiger partial charge in [0.15, 0.2) is 6.10 Å². The summed E-state index contributed by atoms with van der Waals surface area (Å²) in [5.41, 5.74) is 0. The third-order valence-corrected chi connectivity index (χ3v) is 10.8. The van der Waals surface area contributed by atoms with Crippen molar-refractivity contribution < 1.29 is 28.6 Å². The van der Waals surface area contributed by atoms with E-state index in [0.29, 0.717) is 19.3 Å². The van der Waals surface area contributed by atoms with Crippen LogP contribution in [-0.4, -0.2) is 37.2 Å². The summed E-state index contributed by atoms with van der Waals surface area (Å²) in [5.74, 6) is -1.05. The molecule has 69 heavy (non-hydrogen) atoms. The first-order valence-electron chi connectivity index (χ1n) is 27.3. The fourth-order valence-corrected chi connectivity index (χ4v) is 6.77. The zero-order chi connectivity index (χ0) is 50.0. The molecule has 386 valence electrons. The molecule has 0 aliphatic rings. The number of allylic oxidation sites excluding steroid dienone is 24. The molecule has 6 heteroatoms. The van der Waals surface area contributed by atoms with E-state index in [1.165, 1.54) is 38.5 Å². The van der Waals surface area contributed by atoms with Gasteiger partial charge in [0.2, 0.25) is 0 Å². The van der Waals surface area contributed by atoms with E-state index in [2.05, 4.69) is 167 Å². The molecule has 0 N–H and O–H groups in total. The highest BCUT2D eigenvalue weighted by Gasteiger charge is 2.19. The van der Waals surface area contributed by atoms with Crippen LogP contribution in [0.5, 0.6) is 0 Å². The van der Waals surface area contributed by atoms with Gasteiger partial charge >= 0.3 is 17.9 Å². The predicted molar refractivity (Wildman–Crippen MR) is 297 cm³/mol. The second-order valence-electron chi connectivity index (χ2n) is 17.4. The average Bonchev–Trinajstić information content (AvgIpc) is 3.35. The van der Waals surface area contributed by atoms with E-state index >= 15 is 0 Å². The van der Waals surface area contributed by atoms with Gasteiger partial charge in [0.25, 0.3) is 0 Å². The molecule has 0 aromatic heterocycles. The van der Waals surface area contributed by atoms with E-state index in [4.69, 9.17) is 14.2 Å². The van der Waals surface area contributed by atoms with Gasteiger partial charge in [-0.15, -0.1) is 0 Å². The maximum atomic E-state index is 12.8. The molecule has 0 aromatic rings. The number of ether oxygens (including phenoxy) is 3. The highest BCUT2D eigenvalue weighted by atomic mass is 16.6. The van der Waals surface area contributed by atoms with Gasteiger partial charge in [0.05, 0.1) is 0 Å². The van der Waals surface area contributed by atoms with Gasteiger partial charge in [0.1, 0.15) is 13.2 Å². The highest BCUT2D eigenvalue weighted by molar-refractivity contribution is 5.71. The van der Waals surface area contributed by atoms with Crippen LogP contribution in [0.2, 0.25) is 0 Å². The lowest BCUT2D eigenvalue weighted by atomic mass is 10.1. The molecule has 1 unspecified atom stereocenters. The van der Waals surface area contributed by atoms with Gasteiger partial charge in [-0.1, -0.05) is 205 Å². The minimum atomic E-state index is -0.837. The SMILES string of the molecule is CC/C=C\C/C=C\C/C=C\C/C=C\C/C=C\CCCC(=O)OC(COC(=O)CCCC/C=C\C/C=C\C/C=C\C/C=C\CC)COC(=O)CCCCCCCC/C=C\C/C=C\C/C=C\CCCCC. The molecule has 0 saturated carbocycles. The van der Waals surface area contributed by atoms with E-state index in [1.807, 2.05) is 0 Å². The van der Waals surface area contributed by atoms with Crippen LogP contribution in [0, 0.1) is 0 Å². The summed E-state index contributed by atoms with van der Waals surface area (Å²) in [4.78, 5) is 38.1. The van der Waals surface area contributed by atoms with Crippen molar-refractivity contribution in [1.82, 2.24) is 0 Å². The lowest BCUT2D eigenvalue weighted by Crippen LogP contribution is -2.30. The third-order valence-electron chi connectivity index (χ3n) is 10.8. The summed E-state index contributed by atoms with van der Waals surface area (Å²) in [6.07, 6.45) is 79.8. The largest absolute Gasteiger partial charge is 0.462 e. The number of hydrogen-bond acceptors (Lipinski definition) is 6. The summed E-state index contributed by atoms with van der Waals surface area (Å²) < 4.78 is 16.7. The number of carbonyl (C=O) groups is 3. The summed E-state index contributed by atoms with van der Waals surface area (Å²) in [5, 5.41) is 0. The molecule has 0 aromatic carbocycles. The van der Waals surface area contributed by atoms with Gasteiger partial charge in [-0.05, 0) is 135 Å². The quantitative estimate of drug-likeness (QED) is 0.0262. The van der Waals surface area contributed by atoms with Gasteiger partial charge < -0.3 is 14.2 Å². The maximum Gasteiger partial charge on any atom is 0.306 e. The monoisotopic (exact) mass is 951 g/mol. The zero-order valence-corrected chi connectivity index (χ0v) is 44.0. The van der Waals surface area contributed by atoms with Gasteiger partial charge in [0, 0.05) is 19.3 Å². The summed E-state index contributed by atoms with van der Waals surface area (Å²) in [6.45, 7) is 6.27. The van der Waals surface area contributed by atoms with Crippen molar-refractivity contribution in [3.05, 3.63) is 146 Å². The van der Waals surface area contributed by atoms with Crippen LogP contribution in [0.4, 0.5) is 0 Å². The molecule has 0 rings (SSSR count). The Balaban J connectivity index is 4.59. The van der Waals surface area contributed by atoms with E-state index in [1.54, 1.807) is 0 Å². The standard InChI is InChI=1S/C63H98O6/c1-4-7-10-13-16-19-22-25-28-30-31-33-35-38-41-44-47-50-53-56-62(65)68-59-60(58-67-61(64)55-52-49-46-43-40-37-34-27-24-21-18-15-12-9-6-3)69-63(66)57-54-51-48-45-42-39-36-32-29-26-23-20-17-14-11-8-5-2/h8-9,11-12,16-21,25-29,31,33-34,36,39-40,43,45,48,60H,4-7,10,13-15,22-24,30,32,35,37-38,41-42,44,46-47,49-59H2,1-3H3/b11-8-,12-9-,19-16-,20-17-,21-18-,28-25-,29-26-,33-31-,34-27-,39-36-,43-40-,48-45-. The molecule has 0 aliphatic heterocycles. The predicted octanol–water partition coefficient (Wildman–Crippen LogP) is 18.4. The van der Waals surface area contributed by atoms with E-state index in [0.717, 1.165) is 122 Å². The summed E-state index contributed by atoms with van der Waals surface area (Å²) in [7, 11) is 0. The molecule has 0 amide bonds. The summed E-state index contributed by atoms with van der Waals surface area (Å²) >= 11 is 0. The number of esters is 3. The van der Waals surface area contributed by atoms with Crippen molar-refractivity contribution in [3.63, 3.8) is 0 Å². The molecule has 1 atom stereocenters. The van der Waals surface area contributed by atoms with Crippen molar-refractivity contribution in [2.24, 2.45) is 0 Å². The Hall–Kier alpha value is -4.71. The van der Waals surface area contributed by atoms with Crippen molar-refractivity contribution in [1.29, 1.82) is 0 Å². The van der Waals surface area contributed by atoms with Crippen LogP contribution < -0.4 is 0 Å². The Bertz CT molecular complexity index is 1560. The third kappa shape index (κ3) is 54.1. The van der Waals surface area contributed by atoms with Crippen molar-refractivity contribution in [2.75, 3.05) is 13.2 Å². The number of rotatable bonds is 47. The molecule has 0 fully saturated rings. The van der Waals surface area contributed by atoms with E-state index < -0.39 is 6.10 Å². The van der Waals surface area contributed by atoms with Crippen LogP contribution in [0.3, 0.4) is 0 Å². The van der Waals surface area contributed by atoms with Gasteiger partial charge in [-0.25, -0.2) is 0 Å². The first kappa shape index (κ1) is 64.3. The molecular weight excluding hydrogens is 853 g/mol. The Labute approximate surface area is 423 Å². The lowest BCUT2D eigenvalue weighted by molar-refractivity contribution is -0.167. The minimum Gasteiger partial charge on any atom is -0.462 e. The van der Waals surface area contributed by atoms with Crippen LogP contribution >= 0.6 is 0 Å². The second kappa shape index (κ2) is 55.9. The molecule has 6 nitrogen and oxygen atoms in total. The zero-order valence-electron chi connectivity index (χ0n) is 44.0. The fraction of sp³-hybridized carbons (Fsp3) is 0.571. The summed E-state index contributed by atoms with van der Waals surface area (Å²) in [6, 6.07) is 0. The normalized spacial score (nSPS) is 13.3. The van der Waals surface area contributed by atoms with Gasteiger partial charge in [-0.2, -0.15) is 0 Å². The van der Waals surface area contributed by atoms with Crippen LogP contribution in [0.1, 0.15) is 213 Å². The molecular formula is C63H98O6. The molecule has 0 bridgehead atoms. The highest BCUT2D eigenvalue weighted by Crippen LogP contribution is 2.12. The number of carbonyl (C=O) groups excluding carboxylic acids is 3. The maximum absolute atomic E-state index is 12.8. The second-order valence-corrected chi connectivity index (χ2v) is 17.4. The Kier molecular flexibility index (Phi) is 52.1. The van der Waals surface area contributed by atoms with Gasteiger partial charge in [-0.3, -0.25) is 14.4 Å². The Morgan fingerprint density at radius 3 is 0.957 bits per heavy atom. The Morgan fingerprint density at radius 1 is 0.304 bits per heavy atom.